The fraction of sp³-hybridized carbons (Fsp3) is 0.737. The first-order valence-corrected chi connectivity index (χ1v) is 9.37. The molecule has 0 aliphatic heterocycles. The monoisotopic (exact) mass is 365 g/mol. The van der Waals surface area contributed by atoms with Gasteiger partial charge < -0.3 is 19.8 Å². The molecule has 1 amide bonds. The van der Waals surface area contributed by atoms with Crippen LogP contribution in [0, 0.1) is 17.8 Å². The maximum Gasteiger partial charge on any atom is 0.328 e. The molecule has 0 saturated heterocycles. The fourth-order valence-corrected chi connectivity index (χ4v) is 3.67. The van der Waals surface area contributed by atoms with Crippen molar-refractivity contribution in [2.45, 2.75) is 58.6 Å². The van der Waals surface area contributed by atoms with E-state index < -0.39 is 12.0 Å². The van der Waals surface area contributed by atoms with Crippen LogP contribution < -0.4 is 5.32 Å². The number of hydrogen-bond donors (Lipinski definition) is 2. The molecular weight excluding hydrogens is 334 g/mol. The van der Waals surface area contributed by atoms with Crippen LogP contribution in [0.1, 0.15) is 45.7 Å². The first kappa shape index (κ1) is 20.4. The molecule has 0 aromatic carbocycles. The van der Waals surface area contributed by atoms with E-state index in [9.17, 15) is 9.59 Å². The molecule has 7 nitrogen and oxygen atoms in total. The number of rotatable bonds is 8. The number of nitrogens with zero attached hydrogens (tertiary/aromatic N) is 1. The van der Waals surface area contributed by atoms with Crippen molar-refractivity contribution in [3.8, 4) is 0 Å². The molecule has 0 spiro atoms. The number of methoxy groups -OCH3 is 1. The number of carbonyl (C=O) groups excluding carboxylic acids is 2. The van der Waals surface area contributed by atoms with E-state index >= 15 is 0 Å². The van der Waals surface area contributed by atoms with Gasteiger partial charge in [-0.1, -0.05) is 27.2 Å². The topological polar surface area (TPSA) is 93.3 Å². The van der Waals surface area contributed by atoms with Crippen LogP contribution in [0.2, 0.25) is 0 Å². The molecule has 3 unspecified atom stereocenters. The maximum absolute atomic E-state index is 12.3. The van der Waals surface area contributed by atoms with Crippen molar-refractivity contribution in [1.82, 2.24) is 15.3 Å². The maximum atomic E-state index is 12.3. The van der Waals surface area contributed by atoms with Crippen molar-refractivity contribution in [3.05, 3.63) is 18.2 Å². The summed E-state index contributed by atoms with van der Waals surface area (Å²) in [6.45, 7) is 6.58. The quantitative estimate of drug-likeness (QED) is 0.688. The molecule has 1 saturated carbocycles. The van der Waals surface area contributed by atoms with Crippen molar-refractivity contribution < 1.29 is 19.1 Å². The number of hydrogen-bond acceptors (Lipinski definition) is 5. The standard InChI is InChI=1S/C19H31N3O4/c1-12(2)15-6-5-13(3)7-17(15)26-10-18(23)22-16(19(24)25-4)8-14-9-20-11-21-14/h9,11-13,15-17H,5-8,10H2,1-4H3,(H,20,21)(H,22,23)/t13?,15?,16-,17?/m0/s1. The SMILES string of the molecule is COC(=O)[C@H](Cc1c[nH]cn1)NC(=O)COC1CC(C)CCC1C(C)C. The second-order valence-electron chi connectivity index (χ2n) is 7.58. The van der Waals surface area contributed by atoms with Crippen molar-refractivity contribution in [2.24, 2.45) is 17.8 Å². The van der Waals surface area contributed by atoms with E-state index in [-0.39, 0.29) is 25.0 Å². The van der Waals surface area contributed by atoms with Gasteiger partial charge in [-0.25, -0.2) is 9.78 Å². The zero-order valence-electron chi connectivity index (χ0n) is 16.2. The largest absolute Gasteiger partial charge is 0.467 e. The van der Waals surface area contributed by atoms with Gasteiger partial charge in [-0.15, -0.1) is 0 Å². The smallest absolute Gasteiger partial charge is 0.328 e. The van der Waals surface area contributed by atoms with E-state index in [2.05, 4.69) is 36.1 Å². The van der Waals surface area contributed by atoms with Crippen LogP contribution in [-0.4, -0.2) is 47.7 Å². The van der Waals surface area contributed by atoms with Gasteiger partial charge in [0.15, 0.2) is 0 Å². The molecule has 1 fully saturated rings. The summed E-state index contributed by atoms with van der Waals surface area (Å²) in [6, 6.07) is -0.773. The summed E-state index contributed by atoms with van der Waals surface area (Å²) >= 11 is 0. The Morgan fingerprint density at radius 1 is 1.38 bits per heavy atom. The van der Waals surface area contributed by atoms with Crippen LogP contribution in [0.5, 0.6) is 0 Å². The number of nitrogens with one attached hydrogen (secondary N) is 2. The van der Waals surface area contributed by atoms with Crippen LogP contribution in [-0.2, 0) is 25.5 Å². The third-order valence-electron chi connectivity index (χ3n) is 5.18. The summed E-state index contributed by atoms with van der Waals surface area (Å²) in [4.78, 5) is 31.2. The highest BCUT2D eigenvalue weighted by atomic mass is 16.5. The molecule has 1 aliphatic rings. The lowest BCUT2D eigenvalue weighted by molar-refractivity contribution is -0.146. The predicted octanol–water partition coefficient (Wildman–Crippen LogP) is 2.09. The summed E-state index contributed by atoms with van der Waals surface area (Å²) in [6.07, 6.45) is 6.91. The Balaban J connectivity index is 1.89. The fourth-order valence-electron chi connectivity index (χ4n) is 3.67. The molecule has 1 aromatic heterocycles. The summed E-state index contributed by atoms with van der Waals surface area (Å²) in [5.74, 6) is 0.808. The number of amides is 1. The number of carbonyl (C=O) groups is 2. The van der Waals surface area contributed by atoms with E-state index in [1.54, 1.807) is 6.20 Å². The van der Waals surface area contributed by atoms with Gasteiger partial charge in [-0.2, -0.15) is 0 Å². The van der Waals surface area contributed by atoms with Gasteiger partial charge in [-0.05, 0) is 30.6 Å². The number of aromatic nitrogens is 2. The lowest BCUT2D eigenvalue weighted by Gasteiger charge is -2.37. The summed E-state index contributed by atoms with van der Waals surface area (Å²) in [5, 5.41) is 2.71. The van der Waals surface area contributed by atoms with Crippen LogP contribution in [0.15, 0.2) is 12.5 Å². The number of aromatic amines is 1. The minimum Gasteiger partial charge on any atom is -0.467 e. The predicted molar refractivity (Wildman–Crippen MR) is 97.3 cm³/mol. The molecule has 1 heterocycles. The van der Waals surface area contributed by atoms with Crippen molar-refractivity contribution in [3.63, 3.8) is 0 Å². The molecule has 4 atom stereocenters. The molecule has 1 aliphatic carbocycles. The molecule has 2 rings (SSSR count). The van der Waals surface area contributed by atoms with E-state index in [1.807, 2.05) is 0 Å². The average Bonchev–Trinajstić information content (AvgIpc) is 3.11. The van der Waals surface area contributed by atoms with Gasteiger partial charge in [0.05, 0.1) is 25.2 Å². The highest BCUT2D eigenvalue weighted by Crippen LogP contribution is 2.35. The Labute approximate surface area is 155 Å². The van der Waals surface area contributed by atoms with E-state index in [0.717, 1.165) is 12.8 Å². The zero-order valence-corrected chi connectivity index (χ0v) is 16.2. The highest BCUT2D eigenvalue weighted by Gasteiger charge is 2.32. The summed E-state index contributed by atoms with van der Waals surface area (Å²) in [7, 11) is 1.30. The van der Waals surface area contributed by atoms with Gasteiger partial charge in [0, 0.05) is 12.6 Å². The summed E-state index contributed by atoms with van der Waals surface area (Å²) < 4.78 is 10.7. The van der Waals surface area contributed by atoms with Gasteiger partial charge in [0.25, 0.3) is 0 Å². The first-order chi connectivity index (χ1) is 12.4. The molecule has 0 radical (unpaired) electrons. The molecule has 7 heteroatoms. The molecule has 26 heavy (non-hydrogen) atoms. The zero-order chi connectivity index (χ0) is 19.1. The third-order valence-corrected chi connectivity index (χ3v) is 5.18. The van der Waals surface area contributed by atoms with Crippen molar-refractivity contribution in [1.29, 1.82) is 0 Å². The second-order valence-corrected chi connectivity index (χ2v) is 7.58. The lowest BCUT2D eigenvalue weighted by atomic mass is 9.75. The Hall–Kier alpha value is -1.89. The Morgan fingerprint density at radius 2 is 2.15 bits per heavy atom. The molecule has 2 N–H and O–H groups in total. The van der Waals surface area contributed by atoms with E-state index in [0.29, 0.717) is 23.4 Å². The van der Waals surface area contributed by atoms with E-state index in [4.69, 9.17) is 9.47 Å². The van der Waals surface area contributed by atoms with Crippen LogP contribution in [0.25, 0.3) is 0 Å². The summed E-state index contributed by atoms with van der Waals surface area (Å²) in [5.41, 5.74) is 0.683. The first-order valence-electron chi connectivity index (χ1n) is 9.37. The van der Waals surface area contributed by atoms with Crippen LogP contribution in [0.3, 0.4) is 0 Å². The lowest BCUT2D eigenvalue weighted by Crippen LogP contribution is -2.45. The van der Waals surface area contributed by atoms with Gasteiger partial charge in [0.1, 0.15) is 12.6 Å². The van der Waals surface area contributed by atoms with Gasteiger partial charge >= 0.3 is 5.97 Å². The van der Waals surface area contributed by atoms with Crippen molar-refractivity contribution in [2.75, 3.05) is 13.7 Å². The third kappa shape index (κ3) is 5.83. The number of imidazole rings is 1. The highest BCUT2D eigenvalue weighted by molar-refractivity contribution is 5.85. The molecule has 0 bridgehead atoms. The minimum absolute atomic E-state index is 0.0470. The molecular formula is C19H31N3O4. The number of H-pyrrole nitrogens is 1. The van der Waals surface area contributed by atoms with Crippen LogP contribution >= 0.6 is 0 Å². The van der Waals surface area contributed by atoms with E-state index in [1.165, 1.54) is 19.9 Å². The Morgan fingerprint density at radius 3 is 2.77 bits per heavy atom. The number of ether oxygens (including phenoxy) is 2. The van der Waals surface area contributed by atoms with Crippen LogP contribution in [0.4, 0.5) is 0 Å². The van der Waals surface area contributed by atoms with Gasteiger partial charge in [0.2, 0.25) is 5.91 Å². The average molecular weight is 365 g/mol. The van der Waals surface area contributed by atoms with Crippen molar-refractivity contribution >= 4 is 11.9 Å². The van der Waals surface area contributed by atoms with Gasteiger partial charge in [-0.3, -0.25) is 4.79 Å². The molecule has 146 valence electrons. The number of esters is 1. The minimum atomic E-state index is -0.773. The second kappa shape index (κ2) is 9.71. The molecule has 1 aromatic rings. The normalized spacial score (nSPS) is 24.3. The Kier molecular flexibility index (Phi) is 7.63. The Bertz CT molecular complexity index is 573.